The summed E-state index contributed by atoms with van der Waals surface area (Å²) in [4.78, 5) is 2.30. The summed E-state index contributed by atoms with van der Waals surface area (Å²) >= 11 is 30.1. The Morgan fingerprint density at radius 1 is 0.336 bits per heavy atom. The Labute approximate surface area is 654 Å². The van der Waals surface area contributed by atoms with Gasteiger partial charge in [-0.15, -0.1) is 0 Å². The highest BCUT2D eigenvalue weighted by atomic mass is 79.9. The average Bonchev–Trinajstić information content (AvgIpc) is 1.64. The second-order valence-corrected chi connectivity index (χ2v) is 27.4. The molecule has 17 heteroatoms. The minimum Gasteiger partial charge on any atom is -0.508 e. The number of nitrogens with one attached hydrogen (secondary N) is 1. The van der Waals surface area contributed by atoms with Crippen molar-refractivity contribution in [2.75, 3.05) is 10.2 Å². The van der Waals surface area contributed by atoms with Crippen LogP contribution in [0.1, 0.15) is 14.9 Å². The first-order valence-electron chi connectivity index (χ1n) is 32.9. The zero-order valence-electron chi connectivity index (χ0n) is 55.3. The van der Waals surface area contributed by atoms with Crippen LogP contribution in [0.25, 0.3) is 98.1 Å². The number of hydrogen-bond donors (Lipinski definition) is 5. The van der Waals surface area contributed by atoms with E-state index in [1.54, 1.807) is 48.5 Å². The molecule has 5 N–H and O–H groups in total. The third-order valence-corrected chi connectivity index (χ3v) is 19.4. The Morgan fingerprint density at radius 2 is 0.729 bits per heavy atom. The standard InChI is InChI=1S/C28H18ClNO.C16H8BrClO.C16H10ClFO.C12H11N.C10H9BO3.C6H3BrClF.2CH4/c29-19-15-16-23-25-18-26(22-13-7-8-14-24(22)28(25)31-27(23)17-19)30(20-9-3-1-4-10-20)21-11-5-2-6-12-21;17-14-8-13-11-6-5-9(18)7-15(11)19-16(13)12-4-2-1-3-10(12)14;17-11-6-8-13(15(18)9-11)14-7-5-10-3-1-2-4-12(10)16(14)19;1-3-7-11(8-4-1)13-12-9-5-2-6-10-12;12-10-8-4-2-1-3-7(8)5-6-9(10)11(13)14;7-5-2-1-4(8)3-6(5)9;;/h1-18H;1-8H;1-9,19H;1-10,13H;1-6,12-14H;1-3H;2*1H4. The fourth-order valence-electron chi connectivity index (χ4n) is 12.2. The van der Waals surface area contributed by atoms with Crippen molar-refractivity contribution >= 4 is 206 Å². The molecule has 0 spiro atoms. The zero-order valence-corrected chi connectivity index (χ0v) is 61.5. The van der Waals surface area contributed by atoms with E-state index in [-0.39, 0.29) is 37.6 Å². The molecule has 0 bridgehead atoms. The molecule has 16 aromatic carbocycles. The summed E-state index contributed by atoms with van der Waals surface area (Å²) in [5.41, 5.74) is 9.92. The molecule has 0 saturated heterocycles. The number of aromatic hydroxyl groups is 2. The molecule has 0 unspecified atom stereocenters. The molecule has 2 heterocycles. The summed E-state index contributed by atoms with van der Waals surface area (Å²) in [5, 5.41) is 55.3. The van der Waals surface area contributed by atoms with Crippen LogP contribution in [0, 0.1) is 11.6 Å². The van der Waals surface area contributed by atoms with Crippen LogP contribution < -0.4 is 15.7 Å². The minimum atomic E-state index is -1.64. The lowest BCUT2D eigenvalue weighted by Gasteiger charge is -2.27. The number of phenols is 2. The highest BCUT2D eigenvalue weighted by molar-refractivity contribution is 9.11. The Kier molecular flexibility index (Phi) is 25.8. The SMILES string of the molecule is C.C.Clc1ccc2c(c1)oc1c3ccccc3c(Br)cc21.Clc1ccc2c(c1)oc1c3ccccc3c(N(c3ccccc3)c3ccccc3)cc21.Fc1cc(Cl)ccc1Br.OB(O)c1ccc2ccccc2c1O.Oc1c(-c2ccc(Cl)cc2F)ccc2ccccc12.c1ccc(Nc2ccccc2)cc1. The molecule has 532 valence electrons. The molecule has 8 nitrogen and oxygen atoms in total. The van der Waals surface area contributed by atoms with Gasteiger partial charge in [0.15, 0.2) is 0 Å². The van der Waals surface area contributed by atoms with Gasteiger partial charge < -0.3 is 39.3 Å². The number of furan rings is 2. The smallest absolute Gasteiger partial charge is 0.492 e. The van der Waals surface area contributed by atoms with Crippen LogP contribution in [-0.4, -0.2) is 27.4 Å². The topological polar surface area (TPSA) is 122 Å². The summed E-state index contributed by atoms with van der Waals surface area (Å²) in [6.07, 6.45) is 0. The Hall–Kier alpha value is -10.7. The van der Waals surface area contributed by atoms with Gasteiger partial charge in [0, 0.05) is 125 Å². The maximum atomic E-state index is 13.9. The minimum absolute atomic E-state index is 0. The number of hydrogen-bond acceptors (Lipinski definition) is 8. The van der Waals surface area contributed by atoms with Crippen LogP contribution >= 0.6 is 78.3 Å². The molecule has 0 atom stereocenters. The van der Waals surface area contributed by atoms with Crippen LogP contribution in [0.15, 0.2) is 345 Å². The molecular formula is C90H67BBr2Cl4F2N2O6. The summed E-state index contributed by atoms with van der Waals surface area (Å²) in [6.45, 7) is 0. The fraction of sp³-hybridized carbons (Fsp3) is 0.0222. The largest absolute Gasteiger partial charge is 0.508 e. The van der Waals surface area contributed by atoms with Gasteiger partial charge in [-0.2, -0.15) is 0 Å². The number of benzene rings is 16. The third kappa shape index (κ3) is 17.9. The monoisotopic (exact) mass is 1620 g/mol. The lowest BCUT2D eigenvalue weighted by atomic mass is 9.78. The van der Waals surface area contributed by atoms with Gasteiger partial charge in [0.2, 0.25) is 0 Å². The summed E-state index contributed by atoms with van der Waals surface area (Å²) in [5.74, 6) is -0.766. The molecule has 0 radical (unpaired) electrons. The average molecular weight is 1620 g/mol. The summed E-state index contributed by atoms with van der Waals surface area (Å²) < 4.78 is 40.2. The van der Waals surface area contributed by atoms with Gasteiger partial charge in [-0.25, -0.2) is 8.78 Å². The highest BCUT2D eigenvalue weighted by Crippen LogP contribution is 2.46. The van der Waals surface area contributed by atoms with Crippen molar-refractivity contribution in [3.8, 4) is 22.6 Å². The normalized spacial score (nSPS) is 10.6. The molecular weight excluding hydrogens is 1560 g/mol. The first-order valence-corrected chi connectivity index (χ1v) is 36.0. The van der Waals surface area contributed by atoms with Gasteiger partial charge in [0.25, 0.3) is 0 Å². The van der Waals surface area contributed by atoms with Crippen molar-refractivity contribution in [1.29, 1.82) is 0 Å². The van der Waals surface area contributed by atoms with E-state index in [0.717, 1.165) is 109 Å². The van der Waals surface area contributed by atoms with Crippen LogP contribution in [-0.2, 0) is 0 Å². The van der Waals surface area contributed by atoms with Gasteiger partial charge in [0.1, 0.15) is 45.5 Å². The van der Waals surface area contributed by atoms with Crippen LogP contribution in [0.5, 0.6) is 11.5 Å². The second kappa shape index (κ2) is 35.6. The van der Waals surface area contributed by atoms with Gasteiger partial charge in [-0.1, -0.05) is 265 Å². The second-order valence-electron chi connectivity index (χ2n) is 23.9. The lowest BCUT2D eigenvalue weighted by Crippen LogP contribution is -2.29. The van der Waals surface area contributed by atoms with Crippen LogP contribution in [0.3, 0.4) is 0 Å². The molecule has 18 rings (SSSR count). The number of rotatable bonds is 7. The number of anilines is 5. The maximum absolute atomic E-state index is 13.9. The van der Waals surface area contributed by atoms with Gasteiger partial charge in [0.05, 0.1) is 10.2 Å². The van der Waals surface area contributed by atoms with E-state index in [9.17, 15) is 19.0 Å². The van der Waals surface area contributed by atoms with Gasteiger partial charge >= 0.3 is 7.12 Å². The number of halogens is 8. The van der Waals surface area contributed by atoms with Crippen molar-refractivity contribution < 1.29 is 37.9 Å². The van der Waals surface area contributed by atoms with Crippen molar-refractivity contribution in [1.82, 2.24) is 0 Å². The predicted molar refractivity (Wildman–Crippen MR) is 455 cm³/mol. The molecule has 0 aliphatic heterocycles. The predicted octanol–water partition coefficient (Wildman–Crippen LogP) is 28.2. The van der Waals surface area contributed by atoms with Gasteiger partial charge in [-0.05, 0) is 159 Å². The quantitative estimate of drug-likeness (QED) is 0.0790. The van der Waals surface area contributed by atoms with Crippen molar-refractivity contribution in [3.63, 3.8) is 0 Å². The van der Waals surface area contributed by atoms with E-state index in [4.69, 9.17) is 65.3 Å². The van der Waals surface area contributed by atoms with Crippen molar-refractivity contribution in [2.45, 2.75) is 14.9 Å². The summed E-state index contributed by atoms with van der Waals surface area (Å²) in [7, 11) is -1.64. The number of para-hydroxylation sites is 4. The maximum Gasteiger partial charge on any atom is 0.492 e. The molecule has 0 saturated carbocycles. The first-order chi connectivity index (χ1) is 51.0. The van der Waals surface area contributed by atoms with E-state index in [0.29, 0.717) is 46.5 Å². The first kappa shape index (κ1) is 77.4. The van der Waals surface area contributed by atoms with E-state index in [1.807, 2.05) is 164 Å². The number of phenolic OH excluding ortho intramolecular Hbond substituents is 2. The molecule has 18 aromatic rings. The lowest BCUT2D eigenvalue weighted by molar-refractivity contribution is 0.420. The molecule has 2 aromatic heterocycles. The summed E-state index contributed by atoms with van der Waals surface area (Å²) in [6, 6.07) is 104. The van der Waals surface area contributed by atoms with E-state index < -0.39 is 12.9 Å². The molecule has 0 fully saturated rings. The van der Waals surface area contributed by atoms with Crippen LogP contribution in [0.2, 0.25) is 20.1 Å². The number of fused-ring (bicyclic) bond motifs is 12. The van der Waals surface area contributed by atoms with Crippen LogP contribution in [0.4, 0.5) is 37.2 Å². The Bertz CT molecular complexity index is 6030. The fourth-order valence-corrected chi connectivity index (χ4v) is 13.7. The van der Waals surface area contributed by atoms with E-state index in [1.165, 1.54) is 18.2 Å². The number of nitrogens with zero attached hydrogens (tertiary/aromatic N) is 1. The molecule has 107 heavy (non-hydrogen) atoms. The zero-order chi connectivity index (χ0) is 73.1. The Morgan fingerprint density at radius 3 is 1.22 bits per heavy atom. The van der Waals surface area contributed by atoms with Crippen molar-refractivity contribution in [2.24, 2.45) is 0 Å². The third-order valence-electron chi connectivity index (χ3n) is 17.1. The molecule has 0 aliphatic rings. The highest BCUT2D eigenvalue weighted by Gasteiger charge is 2.22. The van der Waals surface area contributed by atoms with E-state index >= 15 is 0 Å². The molecule has 0 amide bonds. The van der Waals surface area contributed by atoms with Gasteiger partial charge in [-0.3, -0.25) is 0 Å². The Balaban J connectivity index is 0.000000133. The van der Waals surface area contributed by atoms with Crippen molar-refractivity contribution in [3.05, 3.63) is 368 Å². The van der Waals surface area contributed by atoms with E-state index in [2.05, 4.69) is 139 Å². The molecule has 0 aliphatic carbocycles.